The fourth-order valence-electron chi connectivity index (χ4n) is 3.47. The first kappa shape index (κ1) is 26.4. The summed E-state index contributed by atoms with van der Waals surface area (Å²) in [6.07, 6.45) is 0. The third-order valence-electron chi connectivity index (χ3n) is 5.41. The first-order valence-corrected chi connectivity index (χ1v) is 13.7. The monoisotopic (exact) mass is 630 g/mol. The van der Waals surface area contributed by atoms with E-state index in [1.54, 1.807) is 60.7 Å². The second kappa shape index (κ2) is 11.6. The molecule has 37 heavy (non-hydrogen) atoms. The molecule has 0 radical (unpaired) electrons. The van der Waals surface area contributed by atoms with Gasteiger partial charge in [-0.1, -0.05) is 36.4 Å². The molecule has 0 aliphatic carbocycles. The van der Waals surface area contributed by atoms with Crippen LogP contribution >= 0.6 is 22.6 Å². The van der Waals surface area contributed by atoms with Crippen molar-refractivity contribution in [2.45, 2.75) is 4.90 Å². The van der Waals surface area contributed by atoms with Crippen LogP contribution in [-0.4, -0.2) is 40.6 Å². The number of esters is 1. The van der Waals surface area contributed by atoms with Crippen molar-refractivity contribution in [1.29, 1.82) is 0 Å². The maximum atomic E-state index is 13.1. The molecule has 10 heteroatoms. The number of hydrogen-bond donors (Lipinski definition) is 1. The number of carbonyl (C=O) groups is 2. The Morgan fingerprint density at radius 2 is 1.59 bits per heavy atom. The van der Waals surface area contributed by atoms with Gasteiger partial charge in [-0.05, 0) is 88.0 Å². The van der Waals surface area contributed by atoms with Crippen LogP contribution in [0.5, 0.6) is 5.75 Å². The van der Waals surface area contributed by atoms with Crippen molar-refractivity contribution in [1.82, 2.24) is 0 Å². The van der Waals surface area contributed by atoms with Crippen molar-refractivity contribution in [2.24, 2.45) is 0 Å². The molecular weight excluding hydrogens is 607 g/mol. The number of halogens is 1. The normalized spacial score (nSPS) is 11.1. The van der Waals surface area contributed by atoms with Crippen molar-refractivity contribution in [2.75, 3.05) is 29.9 Å². The highest BCUT2D eigenvalue weighted by atomic mass is 127. The van der Waals surface area contributed by atoms with Crippen LogP contribution in [0, 0.1) is 3.57 Å². The van der Waals surface area contributed by atoms with Crippen LogP contribution < -0.4 is 14.4 Å². The maximum absolute atomic E-state index is 13.1. The van der Waals surface area contributed by atoms with E-state index in [-0.39, 0.29) is 4.90 Å². The number of anilines is 2. The lowest BCUT2D eigenvalue weighted by Gasteiger charge is -2.20. The van der Waals surface area contributed by atoms with Gasteiger partial charge in [0.1, 0.15) is 5.75 Å². The third-order valence-corrected chi connectivity index (χ3v) is 7.86. The Balaban J connectivity index is 1.30. The number of sulfonamides is 1. The van der Waals surface area contributed by atoms with E-state index in [1.807, 2.05) is 30.3 Å². The van der Waals surface area contributed by atoms with Gasteiger partial charge < -0.3 is 14.8 Å². The highest BCUT2D eigenvalue weighted by molar-refractivity contribution is 14.1. The standard InChI is InChI=1S/C27H23IN2O6S/c1-30(37(33,34)25-14-9-19-5-2-3-6-20(19)15-25)23-10-12-24(13-11-23)35-18-27(32)36-17-26(31)29-22-8-4-7-21(28)16-22/h2-16H,17-18H2,1H3,(H,29,31). The van der Waals surface area contributed by atoms with Gasteiger partial charge in [-0.15, -0.1) is 0 Å². The number of nitrogens with zero attached hydrogens (tertiary/aromatic N) is 1. The van der Waals surface area contributed by atoms with Crippen LogP contribution in [0.25, 0.3) is 10.8 Å². The zero-order chi connectivity index (χ0) is 26.4. The summed E-state index contributed by atoms with van der Waals surface area (Å²) in [6, 6.07) is 26.0. The summed E-state index contributed by atoms with van der Waals surface area (Å²) in [5, 5.41) is 4.43. The summed E-state index contributed by atoms with van der Waals surface area (Å²) in [7, 11) is -2.31. The minimum Gasteiger partial charge on any atom is -0.482 e. The quantitative estimate of drug-likeness (QED) is 0.210. The molecule has 0 aliphatic heterocycles. The van der Waals surface area contributed by atoms with Gasteiger partial charge >= 0.3 is 5.97 Å². The molecule has 0 fully saturated rings. The zero-order valence-corrected chi connectivity index (χ0v) is 22.7. The molecule has 4 rings (SSSR count). The molecule has 4 aromatic rings. The lowest BCUT2D eigenvalue weighted by molar-refractivity contribution is -0.149. The number of nitrogens with one attached hydrogen (secondary N) is 1. The number of amides is 1. The van der Waals surface area contributed by atoms with Crippen LogP contribution in [0.15, 0.2) is 95.9 Å². The van der Waals surface area contributed by atoms with Crippen molar-refractivity contribution < 1.29 is 27.5 Å². The van der Waals surface area contributed by atoms with Crippen molar-refractivity contribution in [3.63, 3.8) is 0 Å². The van der Waals surface area contributed by atoms with E-state index in [4.69, 9.17) is 9.47 Å². The van der Waals surface area contributed by atoms with E-state index in [2.05, 4.69) is 27.9 Å². The van der Waals surface area contributed by atoms with Crippen molar-refractivity contribution >= 4 is 66.6 Å². The van der Waals surface area contributed by atoms with Crippen LogP contribution in [0.4, 0.5) is 11.4 Å². The molecule has 0 bridgehead atoms. The number of benzene rings is 4. The Kier molecular flexibility index (Phi) is 8.29. The second-order valence-corrected chi connectivity index (χ2v) is 11.2. The predicted molar refractivity (Wildman–Crippen MR) is 150 cm³/mol. The zero-order valence-electron chi connectivity index (χ0n) is 19.8. The summed E-state index contributed by atoms with van der Waals surface area (Å²) in [4.78, 5) is 24.1. The molecule has 4 aromatic carbocycles. The average molecular weight is 630 g/mol. The van der Waals surface area contributed by atoms with E-state index in [0.717, 1.165) is 14.3 Å². The topological polar surface area (TPSA) is 102 Å². The van der Waals surface area contributed by atoms with Gasteiger partial charge in [0, 0.05) is 16.3 Å². The highest BCUT2D eigenvalue weighted by Crippen LogP contribution is 2.26. The van der Waals surface area contributed by atoms with Gasteiger partial charge in [-0.2, -0.15) is 0 Å². The van der Waals surface area contributed by atoms with Crippen LogP contribution in [-0.2, 0) is 24.3 Å². The molecule has 0 atom stereocenters. The SMILES string of the molecule is CN(c1ccc(OCC(=O)OCC(=O)Nc2cccc(I)c2)cc1)S(=O)(=O)c1ccc2ccccc2c1. The highest BCUT2D eigenvalue weighted by Gasteiger charge is 2.21. The van der Waals surface area contributed by atoms with Gasteiger partial charge in [0.05, 0.1) is 10.6 Å². The summed E-state index contributed by atoms with van der Waals surface area (Å²) in [6.45, 7) is -0.842. The molecule has 0 saturated carbocycles. The minimum absolute atomic E-state index is 0.183. The molecule has 8 nitrogen and oxygen atoms in total. The largest absolute Gasteiger partial charge is 0.482 e. The van der Waals surface area contributed by atoms with Gasteiger partial charge in [0.2, 0.25) is 0 Å². The molecule has 0 aliphatic rings. The molecule has 0 spiro atoms. The van der Waals surface area contributed by atoms with Gasteiger partial charge in [0.15, 0.2) is 13.2 Å². The van der Waals surface area contributed by atoms with Crippen LogP contribution in [0.2, 0.25) is 0 Å². The lowest BCUT2D eigenvalue weighted by Crippen LogP contribution is -2.26. The molecule has 0 unspecified atom stereocenters. The second-order valence-electron chi connectivity index (χ2n) is 7.98. The van der Waals surface area contributed by atoms with Crippen molar-refractivity contribution in [3.8, 4) is 5.75 Å². The number of hydrogen-bond acceptors (Lipinski definition) is 6. The molecule has 0 heterocycles. The third kappa shape index (κ3) is 6.77. The number of rotatable bonds is 9. The van der Waals surface area contributed by atoms with Crippen LogP contribution in [0.1, 0.15) is 0 Å². The van der Waals surface area contributed by atoms with E-state index in [9.17, 15) is 18.0 Å². The number of carbonyl (C=O) groups excluding carboxylic acids is 2. The molecule has 0 aromatic heterocycles. The fourth-order valence-corrected chi connectivity index (χ4v) is 5.24. The first-order valence-electron chi connectivity index (χ1n) is 11.1. The fraction of sp³-hybridized carbons (Fsp3) is 0.111. The number of ether oxygens (including phenoxy) is 2. The van der Waals surface area contributed by atoms with Gasteiger partial charge in [-0.3, -0.25) is 9.10 Å². The summed E-state index contributed by atoms with van der Waals surface area (Å²) in [5.74, 6) is -0.825. The van der Waals surface area contributed by atoms with Gasteiger partial charge in [-0.25, -0.2) is 13.2 Å². The molecular formula is C27H23IN2O6S. The van der Waals surface area contributed by atoms with E-state index in [0.29, 0.717) is 17.1 Å². The summed E-state index contributed by atoms with van der Waals surface area (Å²) < 4.78 is 38.8. The average Bonchev–Trinajstić information content (AvgIpc) is 2.90. The van der Waals surface area contributed by atoms with E-state index < -0.39 is 35.1 Å². The predicted octanol–water partition coefficient (Wildman–Crippen LogP) is 4.83. The summed E-state index contributed by atoms with van der Waals surface area (Å²) in [5.41, 5.74) is 1.03. The van der Waals surface area contributed by atoms with Crippen molar-refractivity contribution in [3.05, 3.63) is 94.6 Å². The smallest absolute Gasteiger partial charge is 0.344 e. The Morgan fingerprint density at radius 1 is 0.865 bits per heavy atom. The molecule has 0 saturated heterocycles. The molecule has 1 amide bonds. The summed E-state index contributed by atoms with van der Waals surface area (Å²) >= 11 is 2.13. The Morgan fingerprint density at radius 3 is 2.32 bits per heavy atom. The number of fused-ring (bicyclic) bond motifs is 1. The first-order chi connectivity index (χ1) is 17.7. The minimum atomic E-state index is -3.78. The Labute approximate surface area is 228 Å². The Bertz CT molecular complexity index is 1540. The molecule has 1 N–H and O–H groups in total. The maximum Gasteiger partial charge on any atom is 0.344 e. The van der Waals surface area contributed by atoms with Crippen LogP contribution in [0.3, 0.4) is 0 Å². The van der Waals surface area contributed by atoms with E-state index >= 15 is 0 Å². The Hall–Kier alpha value is -3.64. The lowest BCUT2D eigenvalue weighted by atomic mass is 10.1. The van der Waals surface area contributed by atoms with Gasteiger partial charge in [0.25, 0.3) is 15.9 Å². The van der Waals surface area contributed by atoms with E-state index in [1.165, 1.54) is 11.4 Å². The molecule has 190 valence electrons.